The molecule has 0 atom stereocenters. The van der Waals surface area contributed by atoms with Gasteiger partial charge in [-0.05, 0) is 23.8 Å². The Hall–Kier alpha value is -2.23. The van der Waals surface area contributed by atoms with Crippen LogP contribution in [-0.4, -0.2) is 12.4 Å². The van der Waals surface area contributed by atoms with Crippen molar-refractivity contribution in [2.75, 3.05) is 6.61 Å². The molecule has 2 aromatic carbocycles. The van der Waals surface area contributed by atoms with Crippen molar-refractivity contribution < 1.29 is 18.3 Å². The van der Waals surface area contributed by atoms with Crippen LogP contribution in [0.2, 0.25) is 0 Å². The molecule has 0 radical (unpaired) electrons. The van der Waals surface area contributed by atoms with Gasteiger partial charge in [0.1, 0.15) is 5.75 Å². The number of ether oxygens (including phenoxy) is 1. The van der Waals surface area contributed by atoms with Gasteiger partial charge in [0, 0.05) is 6.42 Å². The molecule has 19 heavy (non-hydrogen) atoms. The normalized spacial score (nSPS) is 12.9. The Labute approximate surface area is 108 Å². The summed E-state index contributed by atoms with van der Waals surface area (Å²) >= 11 is 0. The van der Waals surface area contributed by atoms with E-state index in [1.807, 2.05) is 6.07 Å². The number of rotatable bonds is 2. The first-order chi connectivity index (χ1) is 9.18. The summed E-state index contributed by atoms with van der Waals surface area (Å²) in [6.07, 6.45) is 0.724. The zero-order valence-electron chi connectivity index (χ0n) is 9.95. The molecule has 1 aliphatic heterocycles. The zero-order valence-corrected chi connectivity index (χ0v) is 9.95. The number of hydrogen-bond acceptors (Lipinski definition) is 2. The van der Waals surface area contributed by atoms with Crippen LogP contribution >= 0.6 is 0 Å². The minimum atomic E-state index is -1.12. The number of benzene rings is 2. The van der Waals surface area contributed by atoms with Crippen LogP contribution in [0.1, 0.15) is 21.5 Å². The molecule has 0 fully saturated rings. The van der Waals surface area contributed by atoms with Gasteiger partial charge in [0.25, 0.3) is 0 Å². The van der Waals surface area contributed by atoms with Crippen molar-refractivity contribution in [1.82, 2.24) is 0 Å². The second-order valence-electron chi connectivity index (χ2n) is 4.32. The largest absolute Gasteiger partial charge is 0.492 e. The van der Waals surface area contributed by atoms with Crippen molar-refractivity contribution in [3.05, 3.63) is 64.7 Å². The van der Waals surface area contributed by atoms with Crippen molar-refractivity contribution in [2.24, 2.45) is 0 Å². The van der Waals surface area contributed by atoms with E-state index in [-0.39, 0.29) is 11.1 Å². The molecule has 3 rings (SSSR count). The number of ketones is 1. The molecule has 0 spiro atoms. The fourth-order valence-electron chi connectivity index (χ4n) is 2.22. The van der Waals surface area contributed by atoms with E-state index in [1.165, 1.54) is 12.1 Å². The Kier molecular flexibility index (Phi) is 2.78. The van der Waals surface area contributed by atoms with Crippen LogP contribution in [0.4, 0.5) is 8.78 Å². The highest BCUT2D eigenvalue weighted by molar-refractivity contribution is 6.11. The SMILES string of the molecule is O=C(c1cccc(F)c1F)c1cccc2c1OCC2. The fourth-order valence-corrected chi connectivity index (χ4v) is 2.22. The number of carbonyl (C=O) groups is 1. The van der Waals surface area contributed by atoms with Crippen molar-refractivity contribution in [3.8, 4) is 5.75 Å². The molecule has 0 amide bonds. The van der Waals surface area contributed by atoms with E-state index in [0.717, 1.165) is 18.1 Å². The lowest BCUT2D eigenvalue weighted by Gasteiger charge is -2.08. The Morgan fingerprint density at radius 2 is 1.79 bits per heavy atom. The van der Waals surface area contributed by atoms with Gasteiger partial charge in [-0.25, -0.2) is 8.78 Å². The van der Waals surface area contributed by atoms with E-state index in [2.05, 4.69) is 0 Å². The van der Waals surface area contributed by atoms with Gasteiger partial charge in [-0.3, -0.25) is 4.79 Å². The standard InChI is InChI=1S/C15H10F2O2/c16-12-6-2-4-10(13(12)17)14(18)11-5-1-3-9-7-8-19-15(9)11/h1-6H,7-8H2. The molecule has 0 N–H and O–H groups in total. The van der Waals surface area contributed by atoms with Gasteiger partial charge in [-0.1, -0.05) is 18.2 Å². The van der Waals surface area contributed by atoms with Gasteiger partial charge >= 0.3 is 0 Å². The molecule has 0 saturated carbocycles. The van der Waals surface area contributed by atoms with Crippen LogP contribution in [0.5, 0.6) is 5.75 Å². The summed E-state index contributed by atoms with van der Waals surface area (Å²) in [7, 11) is 0. The lowest BCUT2D eigenvalue weighted by atomic mass is 9.99. The van der Waals surface area contributed by atoms with Crippen LogP contribution < -0.4 is 4.74 Å². The second-order valence-corrected chi connectivity index (χ2v) is 4.32. The van der Waals surface area contributed by atoms with Crippen molar-refractivity contribution in [3.63, 3.8) is 0 Å². The maximum atomic E-state index is 13.7. The Morgan fingerprint density at radius 1 is 1.05 bits per heavy atom. The molecular weight excluding hydrogens is 250 g/mol. The maximum Gasteiger partial charge on any atom is 0.199 e. The number of para-hydroxylation sites is 1. The predicted molar refractivity (Wildman–Crippen MR) is 65.4 cm³/mol. The van der Waals surface area contributed by atoms with E-state index in [0.29, 0.717) is 12.4 Å². The minimum absolute atomic E-state index is 0.274. The number of fused-ring (bicyclic) bond motifs is 1. The van der Waals surface area contributed by atoms with E-state index in [1.54, 1.807) is 12.1 Å². The molecule has 2 aromatic rings. The third kappa shape index (κ3) is 1.89. The monoisotopic (exact) mass is 260 g/mol. The smallest absolute Gasteiger partial charge is 0.199 e. The molecule has 0 aliphatic carbocycles. The van der Waals surface area contributed by atoms with Gasteiger partial charge in [0.15, 0.2) is 17.4 Å². The van der Waals surface area contributed by atoms with E-state index < -0.39 is 17.4 Å². The summed E-state index contributed by atoms with van der Waals surface area (Å²) in [5, 5.41) is 0. The Bertz CT molecular complexity index is 665. The Balaban J connectivity index is 2.11. The molecule has 1 aliphatic rings. The van der Waals surface area contributed by atoms with Gasteiger partial charge in [-0.2, -0.15) is 0 Å². The fraction of sp³-hybridized carbons (Fsp3) is 0.133. The summed E-state index contributed by atoms with van der Waals surface area (Å²) in [5.74, 6) is -2.23. The summed E-state index contributed by atoms with van der Waals surface area (Å²) in [5.41, 5.74) is 0.922. The van der Waals surface area contributed by atoms with E-state index in [4.69, 9.17) is 4.74 Å². The third-order valence-electron chi connectivity index (χ3n) is 3.16. The molecule has 0 bridgehead atoms. The van der Waals surface area contributed by atoms with Gasteiger partial charge < -0.3 is 4.74 Å². The zero-order chi connectivity index (χ0) is 13.4. The van der Waals surface area contributed by atoms with Crippen LogP contribution in [0.3, 0.4) is 0 Å². The first-order valence-corrected chi connectivity index (χ1v) is 5.92. The topological polar surface area (TPSA) is 26.3 Å². The third-order valence-corrected chi connectivity index (χ3v) is 3.16. The molecule has 2 nitrogen and oxygen atoms in total. The molecule has 0 unspecified atom stereocenters. The van der Waals surface area contributed by atoms with Crippen LogP contribution in [0.15, 0.2) is 36.4 Å². The average molecular weight is 260 g/mol. The van der Waals surface area contributed by atoms with Crippen LogP contribution in [0.25, 0.3) is 0 Å². The summed E-state index contributed by atoms with van der Waals surface area (Å²) in [6, 6.07) is 8.72. The highest BCUT2D eigenvalue weighted by Crippen LogP contribution is 2.31. The van der Waals surface area contributed by atoms with Crippen molar-refractivity contribution in [1.29, 1.82) is 0 Å². The quantitative estimate of drug-likeness (QED) is 0.775. The summed E-state index contributed by atoms with van der Waals surface area (Å²) < 4.78 is 32.2. The van der Waals surface area contributed by atoms with Crippen molar-refractivity contribution >= 4 is 5.78 Å². The maximum absolute atomic E-state index is 13.7. The first kappa shape index (κ1) is 11.8. The lowest BCUT2D eigenvalue weighted by molar-refractivity contribution is 0.103. The van der Waals surface area contributed by atoms with Gasteiger partial charge in [-0.15, -0.1) is 0 Å². The van der Waals surface area contributed by atoms with Crippen LogP contribution in [-0.2, 0) is 6.42 Å². The second kappa shape index (κ2) is 4.46. The molecular formula is C15H10F2O2. The van der Waals surface area contributed by atoms with Crippen LogP contribution in [0, 0.1) is 11.6 Å². The molecule has 0 saturated heterocycles. The highest BCUT2D eigenvalue weighted by Gasteiger charge is 2.24. The van der Waals surface area contributed by atoms with Gasteiger partial charge in [0.05, 0.1) is 17.7 Å². The average Bonchev–Trinajstić information content (AvgIpc) is 2.89. The predicted octanol–water partition coefficient (Wildman–Crippen LogP) is 3.13. The summed E-state index contributed by atoms with van der Waals surface area (Å²) in [6.45, 7) is 0.505. The minimum Gasteiger partial charge on any atom is -0.492 e. The number of hydrogen-bond donors (Lipinski definition) is 0. The lowest BCUT2D eigenvalue weighted by Crippen LogP contribution is -2.07. The number of carbonyl (C=O) groups excluding carboxylic acids is 1. The molecule has 4 heteroatoms. The summed E-state index contributed by atoms with van der Waals surface area (Å²) in [4.78, 5) is 12.3. The van der Waals surface area contributed by atoms with Crippen molar-refractivity contribution in [2.45, 2.75) is 6.42 Å². The van der Waals surface area contributed by atoms with Gasteiger partial charge in [0.2, 0.25) is 0 Å². The molecule has 0 aromatic heterocycles. The first-order valence-electron chi connectivity index (χ1n) is 5.92. The van der Waals surface area contributed by atoms with E-state index >= 15 is 0 Å². The van der Waals surface area contributed by atoms with E-state index in [9.17, 15) is 13.6 Å². The molecule has 1 heterocycles. The number of halogens is 2. The highest BCUT2D eigenvalue weighted by atomic mass is 19.2. The Morgan fingerprint density at radius 3 is 2.63 bits per heavy atom. The molecule has 96 valence electrons.